The second-order valence-electron chi connectivity index (χ2n) is 4.69. The van der Waals surface area contributed by atoms with Crippen LogP contribution in [0.4, 0.5) is 10.1 Å². The van der Waals surface area contributed by atoms with E-state index < -0.39 is 0 Å². The van der Waals surface area contributed by atoms with Crippen molar-refractivity contribution in [2.45, 2.75) is 5.16 Å². The third-order valence-electron chi connectivity index (χ3n) is 2.97. The van der Waals surface area contributed by atoms with Gasteiger partial charge in [0.05, 0.1) is 11.4 Å². The summed E-state index contributed by atoms with van der Waals surface area (Å²) in [4.78, 5) is 12.0. The van der Waals surface area contributed by atoms with E-state index >= 15 is 0 Å². The molecule has 0 radical (unpaired) electrons. The van der Waals surface area contributed by atoms with Crippen LogP contribution in [-0.4, -0.2) is 31.9 Å². The van der Waals surface area contributed by atoms with E-state index in [1.807, 2.05) is 24.3 Å². The maximum absolute atomic E-state index is 12.8. The predicted molar refractivity (Wildman–Crippen MR) is 92.6 cm³/mol. The van der Waals surface area contributed by atoms with Crippen LogP contribution in [0.15, 0.2) is 58.2 Å². The lowest BCUT2D eigenvalue weighted by Crippen LogP contribution is -2.14. The highest BCUT2D eigenvalue weighted by Gasteiger charge is 2.11. The first kappa shape index (κ1) is 16.6. The first-order chi connectivity index (χ1) is 11.6. The van der Waals surface area contributed by atoms with E-state index in [9.17, 15) is 9.18 Å². The fourth-order valence-electron chi connectivity index (χ4n) is 1.87. The number of hydrogen-bond donors (Lipinski definition) is 1. The van der Waals surface area contributed by atoms with Crippen molar-refractivity contribution in [2.75, 3.05) is 11.1 Å². The Balaban J connectivity index is 1.63. The van der Waals surface area contributed by atoms with Crippen molar-refractivity contribution < 1.29 is 9.18 Å². The van der Waals surface area contributed by atoms with Crippen LogP contribution < -0.4 is 5.32 Å². The summed E-state index contributed by atoms with van der Waals surface area (Å²) in [7, 11) is 0. The highest BCUT2D eigenvalue weighted by atomic mass is 79.9. The number of nitrogens with zero attached hydrogens (tertiary/aromatic N) is 4. The first-order valence-electron chi connectivity index (χ1n) is 6.84. The van der Waals surface area contributed by atoms with Gasteiger partial charge < -0.3 is 5.32 Å². The molecular weight excluding hydrogens is 397 g/mol. The molecule has 0 aliphatic heterocycles. The van der Waals surface area contributed by atoms with Crippen molar-refractivity contribution in [1.29, 1.82) is 0 Å². The van der Waals surface area contributed by atoms with E-state index in [0.717, 1.165) is 10.2 Å². The fraction of sp³-hybridized carbons (Fsp3) is 0.0667. The van der Waals surface area contributed by atoms with Gasteiger partial charge in [0.2, 0.25) is 11.1 Å². The van der Waals surface area contributed by atoms with Crippen LogP contribution in [0, 0.1) is 5.82 Å². The molecule has 0 spiro atoms. The first-order valence-corrected chi connectivity index (χ1v) is 8.62. The number of carbonyl (C=O) groups is 1. The molecule has 0 aliphatic rings. The molecule has 1 heterocycles. The van der Waals surface area contributed by atoms with Crippen LogP contribution in [0.5, 0.6) is 0 Å². The molecule has 0 aliphatic carbocycles. The van der Waals surface area contributed by atoms with Crippen molar-refractivity contribution in [3.63, 3.8) is 0 Å². The topological polar surface area (TPSA) is 72.7 Å². The molecule has 3 aromatic rings. The summed E-state index contributed by atoms with van der Waals surface area (Å²) < 4.78 is 15.4. The summed E-state index contributed by atoms with van der Waals surface area (Å²) in [5.41, 5.74) is 1.33. The number of carbonyl (C=O) groups excluding carboxylic acids is 1. The number of hydrogen-bond acceptors (Lipinski definition) is 5. The molecule has 122 valence electrons. The van der Waals surface area contributed by atoms with Gasteiger partial charge in [-0.1, -0.05) is 27.7 Å². The average molecular weight is 408 g/mol. The van der Waals surface area contributed by atoms with Gasteiger partial charge in [-0.2, -0.15) is 4.68 Å². The van der Waals surface area contributed by atoms with Crippen molar-refractivity contribution in [2.24, 2.45) is 0 Å². The maximum Gasteiger partial charge on any atom is 0.234 e. The SMILES string of the molecule is O=C(CSc1nnnn1-c1ccc(Br)cc1)Nc1ccc(F)cc1. The zero-order chi connectivity index (χ0) is 16.9. The number of tetrazole rings is 1. The van der Waals surface area contributed by atoms with Gasteiger partial charge in [-0.3, -0.25) is 4.79 Å². The van der Waals surface area contributed by atoms with Crippen molar-refractivity contribution in [1.82, 2.24) is 20.2 Å². The largest absolute Gasteiger partial charge is 0.325 e. The molecule has 24 heavy (non-hydrogen) atoms. The molecule has 3 rings (SSSR count). The standard InChI is InChI=1S/C15H11BrFN5OS/c16-10-1-7-13(8-2-10)22-15(19-20-21-22)24-9-14(23)18-12-5-3-11(17)4-6-12/h1-8H,9H2,(H,18,23). The number of benzene rings is 2. The highest BCUT2D eigenvalue weighted by molar-refractivity contribution is 9.10. The molecule has 0 atom stereocenters. The van der Waals surface area contributed by atoms with E-state index in [2.05, 4.69) is 36.8 Å². The molecule has 0 saturated carbocycles. The van der Waals surface area contributed by atoms with Crippen LogP contribution in [0.3, 0.4) is 0 Å². The average Bonchev–Trinajstić information content (AvgIpc) is 3.04. The highest BCUT2D eigenvalue weighted by Crippen LogP contribution is 2.20. The van der Waals surface area contributed by atoms with Crippen LogP contribution in [0.25, 0.3) is 5.69 Å². The monoisotopic (exact) mass is 407 g/mol. The van der Waals surface area contributed by atoms with Gasteiger partial charge in [0.25, 0.3) is 0 Å². The van der Waals surface area contributed by atoms with Gasteiger partial charge in [0.15, 0.2) is 0 Å². The lowest BCUT2D eigenvalue weighted by atomic mass is 10.3. The third-order valence-corrected chi connectivity index (χ3v) is 4.42. The molecule has 1 aromatic heterocycles. The molecule has 2 aromatic carbocycles. The van der Waals surface area contributed by atoms with Crippen LogP contribution in [0.2, 0.25) is 0 Å². The van der Waals surface area contributed by atoms with Gasteiger partial charge in [-0.25, -0.2) is 4.39 Å². The third kappa shape index (κ3) is 4.18. The molecule has 9 heteroatoms. The Hall–Kier alpha value is -2.26. The lowest BCUT2D eigenvalue weighted by molar-refractivity contribution is -0.113. The zero-order valence-corrected chi connectivity index (χ0v) is 14.6. The van der Waals surface area contributed by atoms with Crippen LogP contribution >= 0.6 is 27.7 Å². The normalized spacial score (nSPS) is 10.6. The lowest BCUT2D eigenvalue weighted by Gasteiger charge is -2.06. The number of nitrogens with one attached hydrogen (secondary N) is 1. The molecule has 0 saturated heterocycles. The summed E-state index contributed by atoms with van der Waals surface area (Å²) in [5.74, 6) is -0.443. The van der Waals surface area contributed by atoms with Gasteiger partial charge in [0.1, 0.15) is 5.82 Å². The Bertz CT molecular complexity index is 838. The Morgan fingerprint density at radius 3 is 2.58 bits per heavy atom. The van der Waals surface area contributed by atoms with Crippen molar-refractivity contribution in [3.05, 3.63) is 58.8 Å². The fourth-order valence-corrected chi connectivity index (χ4v) is 2.83. The molecule has 1 amide bonds. The predicted octanol–water partition coefficient (Wildman–Crippen LogP) is 3.29. The Morgan fingerprint density at radius 1 is 1.17 bits per heavy atom. The van der Waals surface area contributed by atoms with E-state index in [1.54, 1.807) is 4.68 Å². The van der Waals surface area contributed by atoms with E-state index in [4.69, 9.17) is 0 Å². The summed E-state index contributed by atoms with van der Waals surface area (Å²) >= 11 is 4.58. The van der Waals surface area contributed by atoms with Crippen molar-refractivity contribution >= 4 is 39.3 Å². The molecule has 0 fully saturated rings. The number of amides is 1. The van der Waals surface area contributed by atoms with Gasteiger partial charge in [0, 0.05) is 10.2 Å². The summed E-state index contributed by atoms with van der Waals surface area (Å²) in [5, 5.41) is 14.7. The second-order valence-corrected chi connectivity index (χ2v) is 6.55. The quantitative estimate of drug-likeness (QED) is 0.656. The second kappa shape index (κ2) is 7.54. The van der Waals surface area contributed by atoms with Gasteiger partial charge in [-0.05, 0) is 59.0 Å². The molecule has 0 bridgehead atoms. The van der Waals surface area contributed by atoms with Crippen molar-refractivity contribution in [3.8, 4) is 5.69 Å². The minimum Gasteiger partial charge on any atom is -0.325 e. The Kier molecular flexibility index (Phi) is 5.21. The molecule has 0 unspecified atom stereocenters. The van der Waals surface area contributed by atoms with Gasteiger partial charge >= 0.3 is 0 Å². The van der Waals surface area contributed by atoms with E-state index in [-0.39, 0.29) is 17.5 Å². The molecule has 6 nitrogen and oxygen atoms in total. The molecule has 1 N–H and O–H groups in total. The number of anilines is 1. The van der Waals surface area contributed by atoms with Crippen LogP contribution in [-0.2, 0) is 4.79 Å². The van der Waals surface area contributed by atoms with Gasteiger partial charge in [-0.15, -0.1) is 5.10 Å². The van der Waals surface area contributed by atoms with E-state index in [0.29, 0.717) is 10.8 Å². The Labute approximate surface area is 149 Å². The number of halogens is 2. The molecular formula is C15H11BrFN5OS. The van der Waals surface area contributed by atoms with E-state index in [1.165, 1.54) is 36.0 Å². The maximum atomic E-state index is 12.8. The Morgan fingerprint density at radius 2 is 1.88 bits per heavy atom. The smallest absolute Gasteiger partial charge is 0.234 e. The summed E-state index contributed by atoms with van der Waals surface area (Å²) in [6, 6.07) is 13.1. The summed E-state index contributed by atoms with van der Waals surface area (Å²) in [6.45, 7) is 0. The number of aromatic nitrogens is 4. The number of rotatable bonds is 5. The number of thioether (sulfide) groups is 1. The minimum absolute atomic E-state index is 0.133. The minimum atomic E-state index is -0.351. The summed E-state index contributed by atoms with van der Waals surface area (Å²) in [6.07, 6.45) is 0. The zero-order valence-electron chi connectivity index (χ0n) is 12.2. The van der Waals surface area contributed by atoms with Crippen LogP contribution in [0.1, 0.15) is 0 Å².